The molecule has 0 aliphatic rings. The Morgan fingerprint density at radius 2 is 1.94 bits per heavy atom. The Kier molecular flexibility index (Phi) is 3.49. The van der Waals surface area contributed by atoms with Crippen molar-refractivity contribution in [2.75, 3.05) is 6.26 Å². The summed E-state index contributed by atoms with van der Waals surface area (Å²) in [5, 5.41) is 0.129. The molecular weight excluding hydrogens is 276 g/mol. The van der Waals surface area contributed by atoms with Crippen LogP contribution in [0.15, 0.2) is 41.7 Å². The number of nitrogens with zero attached hydrogens (tertiary/aromatic N) is 2. The third-order valence-electron chi connectivity index (χ3n) is 1.99. The summed E-state index contributed by atoms with van der Waals surface area (Å²) in [6, 6.07) is 8.29. The third kappa shape index (κ3) is 2.96. The lowest BCUT2D eigenvalue weighted by atomic mass is 10.3. The largest absolute Gasteiger partial charge is 0.437 e. The van der Waals surface area contributed by atoms with Gasteiger partial charge in [-0.25, -0.2) is 13.4 Å². The van der Waals surface area contributed by atoms with Crippen molar-refractivity contribution in [3.63, 3.8) is 0 Å². The summed E-state index contributed by atoms with van der Waals surface area (Å²) in [4.78, 5) is 7.46. The lowest BCUT2D eigenvalue weighted by molar-refractivity contribution is 0.453. The predicted octanol–water partition coefficient (Wildman–Crippen LogP) is 2.33. The molecule has 0 atom stereocenters. The van der Waals surface area contributed by atoms with Crippen LogP contribution in [-0.2, 0) is 9.84 Å². The van der Waals surface area contributed by atoms with Crippen molar-refractivity contribution >= 4 is 21.4 Å². The fourth-order valence-corrected chi connectivity index (χ4v) is 1.88. The molecule has 0 N–H and O–H groups in total. The number of benzene rings is 1. The maximum Gasteiger partial charge on any atom is 0.250 e. The number of ether oxygens (including phenoxy) is 1. The average Bonchev–Trinajstić information content (AvgIpc) is 2.31. The number of hydrogen-bond donors (Lipinski definition) is 0. The van der Waals surface area contributed by atoms with Gasteiger partial charge in [0, 0.05) is 18.5 Å². The first-order valence-electron chi connectivity index (χ1n) is 4.92. The molecule has 0 fully saturated rings. The second kappa shape index (κ2) is 4.91. The molecular formula is C11H9ClN2O3S. The number of para-hydroxylation sites is 1. The number of halogens is 1. The van der Waals surface area contributed by atoms with E-state index in [1.165, 1.54) is 12.3 Å². The molecule has 2 aromatic rings. The van der Waals surface area contributed by atoms with Crippen LogP contribution in [0.3, 0.4) is 0 Å². The van der Waals surface area contributed by atoms with Gasteiger partial charge in [-0.2, -0.15) is 4.98 Å². The minimum Gasteiger partial charge on any atom is -0.437 e. The highest BCUT2D eigenvalue weighted by atomic mass is 35.5. The Hall–Kier alpha value is -1.66. The van der Waals surface area contributed by atoms with E-state index in [0.29, 0.717) is 10.8 Å². The first-order valence-corrected chi connectivity index (χ1v) is 7.19. The SMILES string of the molecule is CS(=O)(=O)c1nccc(Oc2ccccc2Cl)n1. The van der Waals surface area contributed by atoms with Crippen LogP contribution in [0, 0.1) is 0 Å². The van der Waals surface area contributed by atoms with Gasteiger partial charge in [0.2, 0.25) is 20.9 Å². The summed E-state index contributed by atoms with van der Waals surface area (Å²) in [6.07, 6.45) is 2.34. The van der Waals surface area contributed by atoms with Crippen LogP contribution in [0.1, 0.15) is 0 Å². The van der Waals surface area contributed by atoms with Crippen LogP contribution in [0.25, 0.3) is 0 Å². The molecule has 0 amide bonds. The Balaban J connectivity index is 2.34. The molecule has 0 aliphatic heterocycles. The second-order valence-corrected chi connectivity index (χ2v) is 5.80. The van der Waals surface area contributed by atoms with E-state index in [4.69, 9.17) is 16.3 Å². The van der Waals surface area contributed by atoms with Crippen LogP contribution in [0.2, 0.25) is 5.02 Å². The molecule has 1 aromatic carbocycles. The van der Waals surface area contributed by atoms with Gasteiger partial charge in [-0.1, -0.05) is 23.7 Å². The van der Waals surface area contributed by atoms with Crippen molar-refractivity contribution in [1.82, 2.24) is 9.97 Å². The summed E-state index contributed by atoms with van der Waals surface area (Å²) >= 11 is 5.92. The van der Waals surface area contributed by atoms with Crippen molar-refractivity contribution in [1.29, 1.82) is 0 Å². The molecule has 7 heteroatoms. The molecule has 0 aliphatic carbocycles. The summed E-state index contributed by atoms with van der Waals surface area (Å²) < 4.78 is 28.0. The second-order valence-electron chi connectivity index (χ2n) is 3.48. The fraction of sp³-hybridized carbons (Fsp3) is 0.0909. The van der Waals surface area contributed by atoms with Crippen LogP contribution < -0.4 is 4.74 Å². The summed E-state index contributed by atoms with van der Waals surface area (Å²) in [6.45, 7) is 0. The van der Waals surface area contributed by atoms with Crippen molar-refractivity contribution in [3.05, 3.63) is 41.6 Å². The zero-order valence-electron chi connectivity index (χ0n) is 9.37. The predicted molar refractivity (Wildman–Crippen MR) is 66.7 cm³/mol. The standard InChI is InChI=1S/C11H9ClN2O3S/c1-18(15,16)11-13-7-6-10(14-11)17-9-5-3-2-4-8(9)12/h2-7H,1H3. The van der Waals surface area contributed by atoms with E-state index in [0.717, 1.165) is 6.26 Å². The number of hydrogen-bond acceptors (Lipinski definition) is 5. The van der Waals surface area contributed by atoms with Crippen LogP contribution in [0.5, 0.6) is 11.6 Å². The topological polar surface area (TPSA) is 69.2 Å². The Morgan fingerprint density at radius 1 is 1.22 bits per heavy atom. The molecule has 0 bridgehead atoms. The molecule has 18 heavy (non-hydrogen) atoms. The smallest absolute Gasteiger partial charge is 0.250 e. The first-order chi connectivity index (χ1) is 8.47. The highest BCUT2D eigenvalue weighted by Crippen LogP contribution is 2.27. The molecule has 1 heterocycles. The summed E-state index contributed by atoms with van der Waals surface area (Å²) in [7, 11) is -3.46. The Bertz CT molecular complexity index is 673. The van der Waals surface area contributed by atoms with Gasteiger partial charge in [0.05, 0.1) is 5.02 Å². The Morgan fingerprint density at radius 3 is 2.61 bits per heavy atom. The lowest BCUT2D eigenvalue weighted by Gasteiger charge is -2.06. The van der Waals surface area contributed by atoms with E-state index >= 15 is 0 Å². The van der Waals surface area contributed by atoms with Gasteiger partial charge < -0.3 is 4.74 Å². The van der Waals surface area contributed by atoms with E-state index in [2.05, 4.69) is 9.97 Å². The molecule has 0 radical (unpaired) electrons. The number of sulfone groups is 1. The maximum absolute atomic E-state index is 11.3. The van der Waals surface area contributed by atoms with Crippen molar-refractivity contribution in [2.24, 2.45) is 0 Å². The van der Waals surface area contributed by atoms with Crippen molar-refractivity contribution in [3.8, 4) is 11.6 Å². The fourth-order valence-electron chi connectivity index (χ4n) is 1.20. The highest BCUT2D eigenvalue weighted by molar-refractivity contribution is 7.90. The first kappa shape index (κ1) is 12.8. The van der Waals surface area contributed by atoms with Gasteiger partial charge in [-0.15, -0.1) is 0 Å². The van der Waals surface area contributed by atoms with Gasteiger partial charge in [0.1, 0.15) is 5.75 Å². The molecule has 1 aromatic heterocycles. The summed E-state index contributed by atoms with van der Waals surface area (Å²) in [5.41, 5.74) is 0. The van der Waals surface area contributed by atoms with Crippen LogP contribution >= 0.6 is 11.6 Å². The number of rotatable bonds is 3. The molecule has 2 rings (SSSR count). The molecule has 0 unspecified atom stereocenters. The minimum atomic E-state index is -3.46. The van der Waals surface area contributed by atoms with E-state index in [-0.39, 0.29) is 11.0 Å². The monoisotopic (exact) mass is 284 g/mol. The lowest BCUT2D eigenvalue weighted by Crippen LogP contribution is -2.04. The normalized spacial score (nSPS) is 11.2. The zero-order valence-corrected chi connectivity index (χ0v) is 10.9. The molecule has 0 saturated carbocycles. The van der Waals surface area contributed by atoms with E-state index in [9.17, 15) is 8.42 Å². The maximum atomic E-state index is 11.3. The van der Waals surface area contributed by atoms with Gasteiger partial charge in [0.25, 0.3) is 0 Å². The molecule has 94 valence electrons. The Labute approximate surface area is 109 Å². The van der Waals surface area contributed by atoms with E-state index < -0.39 is 9.84 Å². The van der Waals surface area contributed by atoms with Crippen molar-refractivity contribution < 1.29 is 13.2 Å². The zero-order chi connectivity index (χ0) is 13.2. The van der Waals surface area contributed by atoms with Gasteiger partial charge in [-0.05, 0) is 12.1 Å². The van der Waals surface area contributed by atoms with Gasteiger partial charge in [-0.3, -0.25) is 0 Å². The van der Waals surface area contributed by atoms with Gasteiger partial charge in [0.15, 0.2) is 0 Å². The molecule has 0 saturated heterocycles. The average molecular weight is 285 g/mol. The van der Waals surface area contributed by atoms with Crippen molar-refractivity contribution in [2.45, 2.75) is 5.16 Å². The third-order valence-corrected chi connectivity index (χ3v) is 3.16. The van der Waals surface area contributed by atoms with Crippen LogP contribution in [-0.4, -0.2) is 24.6 Å². The quantitative estimate of drug-likeness (QED) is 0.809. The van der Waals surface area contributed by atoms with E-state index in [1.54, 1.807) is 24.3 Å². The van der Waals surface area contributed by atoms with E-state index in [1.807, 2.05) is 0 Å². The van der Waals surface area contributed by atoms with Crippen LogP contribution in [0.4, 0.5) is 0 Å². The summed E-state index contributed by atoms with van der Waals surface area (Å²) in [5.74, 6) is 0.524. The number of aromatic nitrogens is 2. The molecule has 5 nitrogen and oxygen atoms in total. The highest BCUT2D eigenvalue weighted by Gasteiger charge is 2.12. The molecule has 0 spiro atoms. The minimum absolute atomic E-state index is 0.124. The van der Waals surface area contributed by atoms with Gasteiger partial charge >= 0.3 is 0 Å².